The van der Waals surface area contributed by atoms with Crippen molar-refractivity contribution in [1.82, 2.24) is 4.90 Å². The number of nitrogens with zero attached hydrogens (tertiary/aromatic N) is 2. The van der Waals surface area contributed by atoms with Crippen LogP contribution in [-0.2, 0) is 22.4 Å². The second-order valence-electron chi connectivity index (χ2n) is 10.6. The fraction of sp³-hybridized carbons (Fsp3) is 0.433. The largest absolute Gasteiger partial charge is 0.496 e. The van der Waals surface area contributed by atoms with Gasteiger partial charge in [-0.05, 0) is 78.3 Å². The summed E-state index contributed by atoms with van der Waals surface area (Å²) >= 11 is 3.61. The number of rotatable bonds is 7. The van der Waals surface area contributed by atoms with E-state index in [1.54, 1.807) is 23.1 Å². The summed E-state index contributed by atoms with van der Waals surface area (Å²) in [7, 11) is 1.54. The lowest BCUT2D eigenvalue weighted by atomic mass is 9.63. The van der Waals surface area contributed by atoms with Crippen molar-refractivity contribution in [1.29, 1.82) is 0 Å². The summed E-state index contributed by atoms with van der Waals surface area (Å²) in [6, 6.07) is 11.1. The van der Waals surface area contributed by atoms with E-state index < -0.39 is 0 Å². The van der Waals surface area contributed by atoms with Crippen molar-refractivity contribution in [2.24, 2.45) is 35.5 Å². The van der Waals surface area contributed by atoms with Crippen molar-refractivity contribution in [2.75, 3.05) is 18.7 Å². The predicted molar refractivity (Wildman–Crippen MR) is 144 cm³/mol. The highest BCUT2D eigenvalue weighted by Crippen LogP contribution is 2.65. The lowest BCUT2D eigenvalue weighted by molar-refractivity contribution is -0.140. The van der Waals surface area contributed by atoms with Crippen molar-refractivity contribution in [3.63, 3.8) is 0 Å². The van der Waals surface area contributed by atoms with E-state index in [1.165, 1.54) is 12.0 Å². The summed E-state index contributed by atoms with van der Waals surface area (Å²) in [6.45, 7) is 4.00. The van der Waals surface area contributed by atoms with Crippen LogP contribution in [0.3, 0.4) is 0 Å². The van der Waals surface area contributed by atoms with Gasteiger partial charge in [-0.3, -0.25) is 24.2 Å². The van der Waals surface area contributed by atoms with Gasteiger partial charge in [0.05, 0.1) is 30.2 Å². The van der Waals surface area contributed by atoms with E-state index in [0.717, 1.165) is 27.7 Å². The summed E-state index contributed by atoms with van der Waals surface area (Å²) < 4.78 is 6.46. The van der Waals surface area contributed by atoms with Crippen LogP contribution in [0.15, 0.2) is 53.0 Å². The number of hydrogen-bond acceptors (Lipinski definition) is 4. The van der Waals surface area contributed by atoms with Gasteiger partial charge >= 0.3 is 0 Å². The Morgan fingerprint density at radius 2 is 1.57 bits per heavy atom. The molecule has 3 amide bonds. The molecule has 6 atom stereocenters. The quantitative estimate of drug-likeness (QED) is 0.342. The third kappa shape index (κ3) is 3.69. The zero-order valence-electron chi connectivity index (χ0n) is 21.3. The first-order valence-electron chi connectivity index (χ1n) is 13.2. The van der Waals surface area contributed by atoms with E-state index in [1.807, 2.05) is 32.0 Å². The zero-order valence-corrected chi connectivity index (χ0v) is 22.9. The molecular weight excluding hydrogens is 532 g/mol. The van der Waals surface area contributed by atoms with Gasteiger partial charge in [-0.1, -0.05) is 54.1 Å². The van der Waals surface area contributed by atoms with Gasteiger partial charge in [-0.2, -0.15) is 0 Å². The topological polar surface area (TPSA) is 66.9 Å². The Morgan fingerprint density at radius 3 is 2.11 bits per heavy atom. The van der Waals surface area contributed by atoms with Crippen molar-refractivity contribution in [3.8, 4) is 5.75 Å². The fourth-order valence-electron chi connectivity index (χ4n) is 7.11. The number of para-hydroxylation sites is 1. The number of allylic oxidation sites excluding steroid dienone is 2. The average molecular weight is 563 g/mol. The highest BCUT2D eigenvalue weighted by atomic mass is 79.9. The molecule has 2 aromatic rings. The number of hydrogen-bond donors (Lipinski definition) is 0. The maximum absolute atomic E-state index is 14.2. The van der Waals surface area contributed by atoms with E-state index in [0.29, 0.717) is 36.0 Å². The number of amides is 3. The van der Waals surface area contributed by atoms with E-state index >= 15 is 0 Å². The van der Waals surface area contributed by atoms with Crippen LogP contribution in [0.5, 0.6) is 5.75 Å². The standard InChI is InChI=1S/C30H31BrN2O4/c1-4-16-12-18(31)13-17(5-2)27(16)32(28(34)21-8-6-7-9-24(21)37-3)15-33-29(35)25-19-10-11-20(23-14-22(19)23)26(25)30(33)36/h6-13,19-20,22-23,25-26H,4-5,14-15H2,1-3H3. The van der Waals surface area contributed by atoms with E-state index in [-0.39, 0.29) is 48.1 Å². The minimum Gasteiger partial charge on any atom is -0.496 e. The third-order valence-corrected chi connectivity index (χ3v) is 9.34. The normalized spacial score (nSPS) is 28.8. The Hall–Kier alpha value is -2.93. The molecule has 7 heteroatoms. The van der Waals surface area contributed by atoms with Gasteiger partial charge in [0.25, 0.3) is 5.91 Å². The number of carbonyl (C=O) groups excluding carboxylic acids is 3. The van der Waals surface area contributed by atoms with Crippen LogP contribution < -0.4 is 9.64 Å². The molecule has 6 nitrogen and oxygen atoms in total. The minimum atomic E-state index is -0.296. The maximum Gasteiger partial charge on any atom is 0.263 e. The summed E-state index contributed by atoms with van der Waals surface area (Å²) in [5.41, 5.74) is 3.13. The third-order valence-electron chi connectivity index (χ3n) is 8.88. The van der Waals surface area contributed by atoms with Crippen LogP contribution >= 0.6 is 15.9 Å². The number of anilines is 1. The molecule has 37 heavy (non-hydrogen) atoms. The number of likely N-dealkylation sites (tertiary alicyclic amines) is 1. The molecule has 0 spiro atoms. The molecule has 192 valence electrons. The SMILES string of the molecule is CCc1cc(Br)cc(CC)c1N(CN1C(=O)C2C3C=CC(C4CC34)C2C1=O)C(=O)c1ccccc1OC. The molecule has 2 saturated carbocycles. The average Bonchev–Trinajstić information content (AvgIpc) is 3.71. The number of imide groups is 1. The van der Waals surface area contributed by atoms with Crippen molar-refractivity contribution in [2.45, 2.75) is 33.1 Å². The second kappa shape index (κ2) is 9.12. The molecule has 1 saturated heterocycles. The van der Waals surface area contributed by atoms with Gasteiger partial charge in [0.1, 0.15) is 12.4 Å². The first kappa shape index (κ1) is 24.4. The lowest BCUT2D eigenvalue weighted by Gasteiger charge is -2.37. The van der Waals surface area contributed by atoms with Gasteiger partial charge < -0.3 is 4.74 Å². The van der Waals surface area contributed by atoms with E-state index in [2.05, 4.69) is 28.1 Å². The second-order valence-corrected chi connectivity index (χ2v) is 11.5. The Bertz CT molecular complexity index is 1280. The van der Waals surface area contributed by atoms with Crippen molar-refractivity contribution < 1.29 is 19.1 Å². The molecule has 1 aliphatic heterocycles. The number of methoxy groups -OCH3 is 1. The number of carbonyl (C=O) groups is 3. The van der Waals surface area contributed by atoms with Gasteiger partial charge in [0.15, 0.2) is 0 Å². The molecule has 4 aliphatic carbocycles. The zero-order chi connectivity index (χ0) is 26.0. The lowest BCUT2D eigenvalue weighted by Crippen LogP contribution is -2.46. The van der Waals surface area contributed by atoms with Gasteiger partial charge in [-0.25, -0.2) is 0 Å². The summed E-state index contributed by atoms with van der Waals surface area (Å²) in [6.07, 6.45) is 6.86. The first-order chi connectivity index (χ1) is 17.9. The monoisotopic (exact) mass is 562 g/mol. The molecule has 1 heterocycles. The molecule has 3 fully saturated rings. The number of benzene rings is 2. The molecule has 2 bridgehead atoms. The number of halogens is 1. The summed E-state index contributed by atoms with van der Waals surface area (Å²) in [5, 5.41) is 0. The van der Waals surface area contributed by atoms with Gasteiger partial charge in [0, 0.05) is 4.47 Å². The number of ether oxygens (including phenoxy) is 1. The first-order valence-corrected chi connectivity index (χ1v) is 14.0. The van der Waals surface area contributed by atoms with Crippen LogP contribution in [0.25, 0.3) is 0 Å². The predicted octanol–water partition coefficient (Wildman–Crippen LogP) is 5.24. The Balaban J connectivity index is 1.43. The van der Waals surface area contributed by atoms with E-state index in [4.69, 9.17) is 4.74 Å². The number of aryl methyl sites for hydroxylation is 2. The molecule has 7 rings (SSSR count). The van der Waals surface area contributed by atoms with Crippen LogP contribution in [0.2, 0.25) is 0 Å². The Kier molecular flexibility index (Phi) is 6.02. The highest BCUT2D eigenvalue weighted by molar-refractivity contribution is 9.10. The van der Waals surface area contributed by atoms with Crippen LogP contribution in [0, 0.1) is 35.5 Å². The summed E-state index contributed by atoms with van der Waals surface area (Å²) in [4.78, 5) is 44.9. The minimum absolute atomic E-state index is 0.0993. The molecule has 0 N–H and O–H groups in total. The Morgan fingerprint density at radius 1 is 1.00 bits per heavy atom. The highest BCUT2D eigenvalue weighted by Gasteiger charge is 2.67. The van der Waals surface area contributed by atoms with Gasteiger partial charge in [0.2, 0.25) is 11.8 Å². The van der Waals surface area contributed by atoms with Crippen LogP contribution in [0.4, 0.5) is 5.69 Å². The molecule has 2 aromatic carbocycles. The van der Waals surface area contributed by atoms with Crippen molar-refractivity contribution in [3.05, 3.63) is 69.7 Å². The van der Waals surface area contributed by atoms with Crippen LogP contribution in [-0.4, -0.2) is 36.4 Å². The van der Waals surface area contributed by atoms with Crippen LogP contribution in [0.1, 0.15) is 41.8 Å². The smallest absolute Gasteiger partial charge is 0.263 e. The van der Waals surface area contributed by atoms with Crippen molar-refractivity contribution >= 4 is 39.3 Å². The molecule has 6 unspecified atom stereocenters. The summed E-state index contributed by atoms with van der Waals surface area (Å²) in [5.74, 6) is 0.662. The fourth-order valence-corrected chi connectivity index (χ4v) is 7.66. The maximum atomic E-state index is 14.2. The Labute approximate surface area is 225 Å². The molecular formula is C30H31BrN2O4. The van der Waals surface area contributed by atoms with Gasteiger partial charge in [-0.15, -0.1) is 0 Å². The molecule has 0 aromatic heterocycles. The van der Waals surface area contributed by atoms with E-state index in [9.17, 15) is 14.4 Å². The molecule has 5 aliphatic rings. The molecule has 0 radical (unpaired) electrons.